The summed E-state index contributed by atoms with van der Waals surface area (Å²) in [5, 5.41) is 7.27. The van der Waals surface area contributed by atoms with Gasteiger partial charge in [-0.2, -0.15) is 0 Å². The molecule has 0 saturated carbocycles. The molecule has 2 N–H and O–H groups in total. The molecule has 1 aliphatic heterocycles. The summed E-state index contributed by atoms with van der Waals surface area (Å²) in [5.41, 5.74) is 4.20. The van der Waals surface area contributed by atoms with Crippen molar-refractivity contribution in [2.75, 3.05) is 13.1 Å². The molecule has 0 amide bonds. The Morgan fingerprint density at radius 1 is 1.22 bits per heavy atom. The quantitative estimate of drug-likeness (QED) is 0.856. The van der Waals surface area contributed by atoms with Crippen molar-refractivity contribution in [1.82, 2.24) is 10.6 Å². The minimum atomic E-state index is 0.452. The van der Waals surface area contributed by atoms with E-state index in [-0.39, 0.29) is 0 Å². The Bertz CT molecular complexity index is 379. The predicted molar refractivity (Wildman–Crippen MR) is 78.0 cm³/mol. The van der Waals surface area contributed by atoms with Crippen molar-refractivity contribution in [3.8, 4) is 0 Å². The van der Waals surface area contributed by atoms with Gasteiger partial charge in [-0.05, 0) is 64.3 Å². The first-order chi connectivity index (χ1) is 8.66. The van der Waals surface area contributed by atoms with Gasteiger partial charge in [0.25, 0.3) is 0 Å². The maximum atomic E-state index is 3.80. The van der Waals surface area contributed by atoms with Crippen molar-refractivity contribution >= 4 is 0 Å². The summed E-state index contributed by atoms with van der Waals surface area (Å²) in [5.74, 6) is 0. The normalized spacial score (nSPS) is 22.5. The molecule has 2 nitrogen and oxygen atoms in total. The summed E-state index contributed by atoms with van der Waals surface area (Å²) in [6.45, 7) is 9.00. The lowest BCUT2D eigenvalue weighted by atomic mass is 9.98. The summed E-state index contributed by atoms with van der Waals surface area (Å²) in [6, 6.07) is 7.86. The van der Waals surface area contributed by atoms with Gasteiger partial charge in [0.05, 0.1) is 0 Å². The lowest BCUT2D eigenvalue weighted by Crippen LogP contribution is -2.32. The molecule has 1 aromatic rings. The van der Waals surface area contributed by atoms with Crippen LogP contribution in [0.4, 0.5) is 0 Å². The predicted octanol–water partition coefficient (Wildman–Crippen LogP) is 3.10. The van der Waals surface area contributed by atoms with Gasteiger partial charge in [-0.1, -0.05) is 23.8 Å². The van der Waals surface area contributed by atoms with Gasteiger partial charge in [0.2, 0.25) is 0 Å². The highest BCUT2D eigenvalue weighted by Crippen LogP contribution is 2.20. The van der Waals surface area contributed by atoms with Gasteiger partial charge >= 0.3 is 0 Å². The van der Waals surface area contributed by atoms with Gasteiger partial charge in [0, 0.05) is 12.1 Å². The maximum absolute atomic E-state index is 3.80. The van der Waals surface area contributed by atoms with E-state index < -0.39 is 0 Å². The van der Waals surface area contributed by atoms with E-state index in [1.165, 1.54) is 42.5 Å². The zero-order chi connectivity index (χ0) is 13.0. The fourth-order valence-corrected chi connectivity index (χ4v) is 2.86. The lowest BCUT2D eigenvalue weighted by Gasteiger charge is -2.23. The van der Waals surface area contributed by atoms with E-state index in [4.69, 9.17) is 0 Å². The van der Waals surface area contributed by atoms with Crippen molar-refractivity contribution in [2.24, 2.45) is 0 Å². The average molecular weight is 246 g/mol. The fraction of sp³-hybridized carbons (Fsp3) is 0.625. The van der Waals surface area contributed by atoms with Crippen LogP contribution in [-0.4, -0.2) is 19.1 Å². The molecule has 0 bridgehead atoms. The monoisotopic (exact) mass is 246 g/mol. The molecular weight excluding hydrogens is 220 g/mol. The Hall–Kier alpha value is -0.860. The smallest absolute Gasteiger partial charge is 0.0297 e. The van der Waals surface area contributed by atoms with Crippen molar-refractivity contribution in [2.45, 2.75) is 52.1 Å². The zero-order valence-electron chi connectivity index (χ0n) is 11.9. The van der Waals surface area contributed by atoms with Crippen molar-refractivity contribution < 1.29 is 0 Å². The highest BCUT2D eigenvalue weighted by Gasteiger charge is 2.16. The molecule has 18 heavy (non-hydrogen) atoms. The molecule has 1 saturated heterocycles. The summed E-state index contributed by atoms with van der Waals surface area (Å²) in [7, 11) is 0. The molecule has 0 aromatic heterocycles. The van der Waals surface area contributed by atoms with Gasteiger partial charge in [0.15, 0.2) is 0 Å². The minimum absolute atomic E-state index is 0.452. The van der Waals surface area contributed by atoms with Crippen LogP contribution < -0.4 is 10.6 Å². The molecule has 1 aliphatic rings. The first-order valence-corrected chi connectivity index (χ1v) is 7.21. The molecule has 1 heterocycles. The number of hydrogen-bond donors (Lipinski definition) is 2. The second kappa shape index (κ2) is 6.35. The lowest BCUT2D eigenvalue weighted by molar-refractivity contribution is 0.420. The Morgan fingerprint density at radius 3 is 2.89 bits per heavy atom. The molecule has 0 aliphatic carbocycles. The van der Waals surface area contributed by atoms with Crippen LogP contribution in [0.5, 0.6) is 0 Å². The first kappa shape index (κ1) is 13.6. The van der Waals surface area contributed by atoms with Gasteiger partial charge in [-0.25, -0.2) is 0 Å². The van der Waals surface area contributed by atoms with Crippen LogP contribution in [0, 0.1) is 13.8 Å². The second-order valence-corrected chi connectivity index (χ2v) is 5.63. The SMILES string of the molecule is Cc1ccc(C)c(C(C)NC2CCCNCC2)c1. The van der Waals surface area contributed by atoms with E-state index in [0.717, 1.165) is 6.54 Å². The molecule has 2 heteroatoms. The summed E-state index contributed by atoms with van der Waals surface area (Å²) < 4.78 is 0. The highest BCUT2D eigenvalue weighted by atomic mass is 15.0. The van der Waals surface area contributed by atoms with E-state index in [9.17, 15) is 0 Å². The Morgan fingerprint density at radius 2 is 2.06 bits per heavy atom. The third-order valence-corrected chi connectivity index (χ3v) is 3.96. The fourth-order valence-electron chi connectivity index (χ4n) is 2.86. The van der Waals surface area contributed by atoms with Crippen LogP contribution in [0.2, 0.25) is 0 Å². The van der Waals surface area contributed by atoms with E-state index in [2.05, 4.69) is 49.6 Å². The van der Waals surface area contributed by atoms with E-state index >= 15 is 0 Å². The third-order valence-electron chi connectivity index (χ3n) is 3.96. The van der Waals surface area contributed by atoms with Crippen LogP contribution in [-0.2, 0) is 0 Å². The topological polar surface area (TPSA) is 24.1 Å². The van der Waals surface area contributed by atoms with Gasteiger partial charge in [-0.15, -0.1) is 0 Å². The average Bonchev–Trinajstić information content (AvgIpc) is 2.61. The Labute approximate surface area is 111 Å². The van der Waals surface area contributed by atoms with Crippen molar-refractivity contribution in [3.63, 3.8) is 0 Å². The van der Waals surface area contributed by atoms with E-state index in [1.54, 1.807) is 0 Å². The number of benzene rings is 1. The van der Waals surface area contributed by atoms with Crippen LogP contribution >= 0.6 is 0 Å². The number of rotatable bonds is 3. The maximum Gasteiger partial charge on any atom is 0.0297 e. The molecule has 2 unspecified atom stereocenters. The molecule has 2 atom stereocenters. The van der Waals surface area contributed by atoms with Gasteiger partial charge in [0.1, 0.15) is 0 Å². The summed E-state index contributed by atoms with van der Waals surface area (Å²) >= 11 is 0. The Kier molecular flexibility index (Phi) is 4.79. The molecule has 0 spiro atoms. The zero-order valence-corrected chi connectivity index (χ0v) is 11.9. The van der Waals surface area contributed by atoms with Crippen molar-refractivity contribution in [3.05, 3.63) is 34.9 Å². The minimum Gasteiger partial charge on any atom is -0.317 e. The van der Waals surface area contributed by atoms with Crippen LogP contribution in [0.15, 0.2) is 18.2 Å². The van der Waals surface area contributed by atoms with Crippen LogP contribution in [0.25, 0.3) is 0 Å². The largest absolute Gasteiger partial charge is 0.317 e. The highest BCUT2D eigenvalue weighted by molar-refractivity contribution is 5.32. The Balaban J connectivity index is 2.01. The summed E-state index contributed by atoms with van der Waals surface area (Å²) in [4.78, 5) is 0. The number of aryl methyl sites for hydroxylation is 2. The first-order valence-electron chi connectivity index (χ1n) is 7.21. The second-order valence-electron chi connectivity index (χ2n) is 5.63. The number of hydrogen-bond acceptors (Lipinski definition) is 2. The number of nitrogens with one attached hydrogen (secondary N) is 2. The van der Waals surface area contributed by atoms with Crippen LogP contribution in [0.3, 0.4) is 0 Å². The van der Waals surface area contributed by atoms with Crippen molar-refractivity contribution in [1.29, 1.82) is 0 Å². The molecule has 1 aromatic carbocycles. The van der Waals surface area contributed by atoms with E-state index in [1.807, 2.05) is 0 Å². The molecule has 2 rings (SSSR count). The summed E-state index contributed by atoms with van der Waals surface area (Å²) in [6.07, 6.45) is 3.83. The third kappa shape index (κ3) is 3.56. The standard InChI is InChI=1S/C16H26N2/c1-12-6-7-13(2)16(11-12)14(3)18-15-5-4-9-17-10-8-15/h6-7,11,14-15,17-18H,4-5,8-10H2,1-3H3. The van der Waals surface area contributed by atoms with Crippen LogP contribution in [0.1, 0.15) is 48.9 Å². The van der Waals surface area contributed by atoms with E-state index in [0.29, 0.717) is 12.1 Å². The van der Waals surface area contributed by atoms with Gasteiger partial charge < -0.3 is 10.6 Å². The molecule has 1 fully saturated rings. The molecule has 0 radical (unpaired) electrons. The van der Waals surface area contributed by atoms with Gasteiger partial charge in [-0.3, -0.25) is 0 Å². The molecule has 100 valence electrons. The molecular formula is C16H26N2.